The maximum atomic E-state index is 15.1. The average Bonchev–Trinajstić information content (AvgIpc) is 0.805. The van der Waals surface area contributed by atoms with E-state index >= 15 is 4.79 Å². The number of carboxylic acid groups (broad SMARTS) is 1. The maximum Gasteiger partial charge on any atom is 0.410 e. The molecule has 2 aliphatic rings. The van der Waals surface area contributed by atoms with E-state index in [4.69, 9.17) is 14.2 Å². The van der Waals surface area contributed by atoms with Gasteiger partial charge in [0.15, 0.2) is 0 Å². The van der Waals surface area contributed by atoms with Crippen molar-refractivity contribution in [3.05, 3.63) is 83.9 Å². The van der Waals surface area contributed by atoms with Crippen LogP contribution in [-0.2, 0) is 79.8 Å². The number of nitrogens with zero attached hydrogens (tertiary/aromatic N) is 4. The minimum atomic E-state index is -1.58. The number of piperazine rings is 1. The molecule has 4 rings (SSSR count). The molecular formula is C71H108N12O17. The first kappa shape index (κ1) is 83.3. The van der Waals surface area contributed by atoms with Gasteiger partial charge in [-0.05, 0) is 125 Å². The number of likely N-dealkylation sites (N-methyl/N-ethyl adjacent to an activating group) is 2. The summed E-state index contributed by atoms with van der Waals surface area (Å²) in [4.78, 5) is 189. The third-order valence-corrected chi connectivity index (χ3v) is 16.5. The number of fused-ring (bicyclic) bond motifs is 2. The summed E-state index contributed by atoms with van der Waals surface area (Å²) in [5.74, 6) is -10.5. The van der Waals surface area contributed by atoms with Crippen LogP contribution in [0.25, 0.3) is 0 Å². The van der Waals surface area contributed by atoms with Crippen molar-refractivity contribution in [3.63, 3.8) is 0 Å². The quantitative estimate of drug-likeness (QED) is 0.0623. The van der Waals surface area contributed by atoms with E-state index in [0.29, 0.717) is 11.1 Å². The molecule has 0 spiro atoms. The largest absolute Gasteiger partial charge is 0.480 e. The highest BCUT2D eigenvalue weighted by atomic mass is 16.6. The number of esters is 1. The molecule has 0 aliphatic carbocycles. The Morgan fingerprint density at radius 3 is 1.51 bits per heavy atom. The van der Waals surface area contributed by atoms with Crippen molar-refractivity contribution >= 4 is 77.3 Å². The number of ether oxygens (including phenoxy) is 3. The van der Waals surface area contributed by atoms with Crippen LogP contribution in [0.2, 0.25) is 0 Å². The van der Waals surface area contributed by atoms with E-state index in [-0.39, 0.29) is 77.7 Å². The highest BCUT2D eigenvalue weighted by Crippen LogP contribution is 2.20. The fourth-order valence-electron chi connectivity index (χ4n) is 10.5. The number of benzene rings is 2. The Bertz CT molecular complexity index is 3200. The van der Waals surface area contributed by atoms with Gasteiger partial charge in [-0.25, -0.2) is 19.2 Å². The van der Waals surface area contributed by atoms with Crippen LogP contribution in [0, 0.1) is 11.8 Å². The third kappa shape index (κ3) is 27.5. The van der Waals surface area contributed by atoms with Crippen molar-refractivity contribution in [2.75, 3.05) is 46.8 Å². The molecule has 11 amide bonds. The van der Waals surface area contributed by atoms with Crippen LogP contribution in [0.3, 0.4) is 0 Å². The Kier molecular flexibility index (Phi) is 31.5. The lowest BCUT2D eigenvalue weighted by molar-refractivity contribution is -0.159. The molecule has 0 radical (unpaired) electrons. The molecule has 100 heavy (non-hydrogen) atoms. The molecular weight excluding hydrogens is 1290 g/mol. The van der Waals surface area contributed by atoms with Crippen molar-refractivity contribution in [1.29, 1.82) is 0 Å². The molecule has 1 saturated heterocycles. The molecule has 9 N–H and O–H groups in total. The van der Waals surface area contributed by atoms with E-state index in [1.165, 1.54) is 45.0 Å². The van der Waals surface area contributed by atoms with E-state index < -0.39 is 166 Å². The van der Waals surface area contributed by atoms with Gasteiger partial charge in [0, 0.05) is 66.1 Å². The van der Waals surface area contributed by atoms with Gasteiger partial charge in [0.2, 0.25) is 53.2 Å². The number of carbonyl (C=O) groups excluding carboxylic acids is 12. The number of allylic oxidation sites excluding steroid dienone is 1. The molecule has 2 heterocycles. The normalized spacial score (nSPS) is 21.9. The van der Waals surface area contributed by atoms with E-state index in [1.54, 1.807) is 156 Å². The molecule has 2 bridgehead atoms. The average molecular weight is 1400 g/mol. The van der Waals surface area contributed by atoms with Crippen LogP contribution in [0.4, 0.5) is 9.59 Å². The van der Waals surface area contributed by atoms with Crippen molar-refractivity contribution < 1.29 is 81.6 Å². The highest BCUT2D eigenvalue weighted by molar-refractivity contribution is 5.98. The Labute approximate surface area is 587 Å². The second-order valence-corrected chi connectivity index (χ2v) is 29.1. The van der Waals surface area contributed by atoms with Gasteiger partial charge in [-0.2, -0.15) is 0 Å². The number of rotatable bonds is 17. The fourth-order valence-corrected chi connectivity index (χ4v) is 10.5. The zero-order chi connectivity index (χ0) is 75.1. The molecule has 0 aromatic heterocycles. The SMILES string of the molecule is CC(C)C(NC(=O)C(C)N(C)C(=O)OC(C)(C)C)C(=O)NC1CC=CCCC(C(=O)O)NC(=O)C(Cc2ccccc2)NC(=O)C2CN(CCNC(=O)CCC(C(=O)OC(C)(C)C)NC(=O)C(Cc3ccccc3)NC1=O)CCN2C(=O)C(NC(=O)C(C)N(C)C(=O)OC(C)(C)C)C(C)C. The smallest absolute Gasteiger partial charge is 0.410 e. The summed E-state index contributed by atoms with van der Waals surface area (Å²) in [6, 6.07) is 3.56. The van der Waals surface area contributed by atoms with Gasteiger partial charge < -0.3 is 66.8 Å². The summed E-state index contributed by atoms with van der Waals surface area (Å²) in [6.07, 6.45) is -0.0936. The fraction of sp³-hybridized carbons (Fsp3) is 0.620. The molecule has 2 aliphatic heterocycles. The highest BCUT2D eigenvalue weighted by Gasteiger charge is 2.43. The van der Waals surface area contributed by atoms with Crippen LogP contribution in [0.1, 0.15) is 147 Å². The van der Waals surface area contributed by atoms with Gasteiger partial charge in [0.25, 0.3) is 0 Å². The van der Waals surface area contributed by atoms with Crippen LogP contribution in [0.15, 0.2) is 72.8 Å². The summed E-state index contributed by atoms with van der Waals surface area (Å²) in [6.45, 7) is 24.4. The second kappa shape index (κ2) is 37.9. The third-order valence-electron chi connectivity index (χ3n) is 16.5. The molecule has 1 fully saturated rings. The molecule has 11 atom stereocenters. The van der Waals surface area contributed by atoms with E-state index in [1.807, 2.05) is 0 Å². The van der Waals surface area contributed by atoms with E-state index in [2.05, 4.69) is 42.5 Å². The minimum Gasteiger partial charge on any atom is -0.480 e. The van der Waals surface area contributed by atoms with E-state index in [0.717, 1.165) is 9.80 Å². The van der Waals surface area contributed by atoms with Gasteiger partial charge >= 0.3 is 24.1 Å². The lowest BCUT2D eigenvalue weighted by Gasteiger charge is -2.43. The Morgan fingerprint density at radius 2 is 1.04 bits per heavy atom. The van der Waals surface area contributed by atoms with E-state index in [9.17, 15) is 62.6 Å². The minimum absolute atomic E-state index is 0.0273. The van der Waals surface area contributed by atoms with Crippen LogP contribution >= 0.6 is 0 Å². The van der Waals surface area contributed by atoms with Crippen molar-refractivity contribution in [2.24, 2.45) is 11.8 Å². The predicted octanol–water partition coefficient (Wildman–Crippen LogP) is 3.26. The number of hydrogen-bond acceptors (Lipinski definition) is 17. The maximum absolute atomic E-state index is 15.1. The van der Waals surface area contributed by atoms with Gasteiger partial charge in [0.1, 0.15) is 77.2 Å². The first-order valence-corrected chi connectivity index (χ1v) is 34.1. The van der Waals surface area contributed by atoms with Crippen molar-refractivity contribution in [2.45, 2.75) is 226 Å². The number of amides is 11. The number of aliphatic carboxylic acids is 1. The lowest BCUT2D eigenvalue weighted by Crippen LogP contribution is -2.66. The molecule has 29 heteroatoms. The van der Waals surface area contributed by atoms with Gasteiger partial charge in [-0.3, -0.25) is 57.9 Å². The molecule has 29 nitrogen and oxygen atoms in total. The standard InChI is InChI=1S/C71H108N12O17/c1-42(2)55(78-57(85)44(5)80(16)67(96)99-70(10,11)12)63(91)73-48-31-25-20-26-32-49(65(93)94)74-60(88)52(40-47-29-23-19-24-30-47)77-62(90)53-41-82(37-38-83(53)64(92)56(43(3)4)79-58(86)45(6)81(17)68(97)100-71(13,14)15)36-35-72-54(84)34-33-50(66(95)98-69(7,8)9)75-61(89)51(76-59(48)87)39-46-27-21-18-22-28-46/h18-25,27-30,42-45,48-53,55-56H,26,31-41H2,1-17H3,(H,72,84)(H,73,91)(H,74,88)(H,75,89)(H,76,87)(H,77,90)(H,78,85)(H,79,86)(H,93,94). The van der Waals surface area contributed by atoms with Crippen LogP contribution < -0.4 is 42.5 Å². The zero-order valence-electron chi connectivity index (χ0n) is 61.1. The molecule has 0 saturated carbocycles. The number of carbonyl (C=O) groups is 13. The Balaban J connectivity index is 1.81. The summed E-state index contributed by atoms with van der Waals surface area (Å²) < 4.78 is 16.7. The second-order valence-electron chi connectivity index (χ2n) is 29.1. The van der Waals surface area contributed by atoms with Crippen LogP contribution in [-0.4, -0.2) is 226 Å². The first-order chi connectivity index (χ1) is 46.6. The number of hydrogen-bond donors (Lipinski definition) is 9. The number of carboxylic acids is 1. The van der Waals surface area contributed by atoms with Gasteiger partial charge in [-0.15, -0.1) is 0 Å². The lowest BCUT2D eigenvalue weighted by atomic mass is 9.99. The molecule has 11 unspecified atom stereocenters. The monoisotopic (exact) mass is 1400 g/mol. The Morgan fingerprint density at radius 1 is 0.570 bits per heavy atom. The molecule has 554 valence electrons. The summed E-state index contributed by atoms with van der Waals surface area (Å²) in [7, 11) is 2.74. The van der Waals surface area contributed by atoms with Crippen LogP contribution in [0.5, 0.6) is 0 Å². The summed E-state index contributed by atoms with van der Waals surface area (Å²) in [5, 5.41) is 32.4. The van der Waals surface area contributed by atoms with Gasteiger partial charge in [-0.1, -0.05) is 101 Å². The first-order valence-electron chi connectivity index (χ1n) is 34.1. The van der Waals surface area contributed by atoms with Crippen molar-refractivity contribution in [1.82, 2.24) is 62.1 Å². The number of nitrogens with one attached hydrogen (secondary N) is 8. The topological polar surface area (TPSA) is 379 Å². The Hall–Kier alpha value is -9.15. The zero-order valence-corrected chi connectivity index (χ0v) is 61.1. The molecule has 2 aromatic rings. The summed E-state index contributed by atoms with van der Waals surface area (Å²) >= 11 is 0. The predicted molar refractivity (Wildman–Crippen MR) is 371 cm³/mol. The molecule has 2 aromatic carbocycles. The van der Waals surface area contributed by atoms with Crippen molar-refractivity contribution in [3.8, 4) is 0 Å². The summed E-state index contributed by atoms with van der Waals surface area (Å²) in [5.41, 5.74) is -1.68. The van der Waals surface area contributed by atoms with Gasteiger partial charge in [0.05, 0.1) is 0 Å².